The van der Waals surface area contributed by atoms with Crippen molar-refractivity contribution in [1.29, 1.82) is 0 Å². The molecule has 1 saturated heterocycles. The van der Waals surface area contributed by atoms with E-state index in [1.54, 1.807) is 4.90 Å². The van der Waals surface area contributed by atoms with Crippen LogP contribution in [0, 0.1) is 0 Å². The Kier molecular flexibility index (Phi) is 6.46. The maximum Gasteiger partial charge on any atom is 0.417 e. The zero-order valence-corrected chi connectivity index (χ0v) is 15.9. The molecule has 1 N–H and O–H groups in total. The molecule has 2 aromatic carbocycles. The predicted molar refractivity (Wildman–Crippen MR) is 103 cm³/mol. The highest BCUT2D eigenvalue weighted by Gasteiger charge is 2.33. The first-order valence-electron chi connectivity index (χ1n) is 9.02. The van der Waals surface area contributed by atoms with Crippen LogP contribution >= 0.6 is 11.6 Å². The highest BCUT2D eigenvalue weighted by molar-refractivity contribution is 6.31. The van der Waals surface area contributed by atoms with Gasteiger partial charge in [0.15, 0.2) is 0 Å². The van der Waals surface area contributed by atoms with E-state index in [1.807, 2.05) is 18.2 Å². The fourth-order valence-corrected chi connectivity index (χ4v) is 3.42. The quantitative estimate of drug-likeness (QED) is 0.762. The molecule has 4 nitrogen and oxygen atoms in total. The Morgan fingerprint density at radius 1 is 1.04 bits per heavy atom. The summed E-state index contributed by atoms with van der Waals surface area (Å²) in [5, 5.41) is 2.16. The Hall–Kier alpha value is -2.25. The molecule has 1 heterocycles. The van der Waals surface area contributed by atoms with Gasteiger partial charge in [0.2, 0.25) is 0 Å². The monoisotopic (exact) mass is 411 g/mol. The van der Waals surface area contributed by atoms with Crippen LogP contribution in [0.1, 0.15) is 17.5 Å². The van der Waals surface area contributed by atoms with Crippen molar-refractivity contribution >= 4 is 23.3 Å². The Labute approximate surface area is 166 Å². The summed E-state index contributed by atoms with van der Waals surface area (Å²) in [5.74, 6) is 0. The highest BCUT2D eigenvalue weighted by atomic mass is 35.5. The summed E-state index contributed by atoms with van der Waals surface area (Å²) in [6.45, 7) is 3.44. The predicted octanol–water partition coefficient (Wildman–Crippen LogP) is 5.10. The fourth-order valence-electron chi connectivity index (χ4n) is 3.20. The summed E-state index contributed by atoms with van der Waals surface area (Å²) in [6, 6.07) is 13.1. The number of nitrogens with one attached hydrogen (secondary N) is 1. The zero-order valence-electron chi connectivity index (χ0n) is 15.2. The van der Waals surface area contributed by atoms with Gasteiger partial charge in [-0.3, -0.25) is 4.90 Å². The van der Waals surface area contributed by atoms with E-state index in [9.17, 15) is 18.0 Å². The Bertz CT molecular complexity index is 814. The van der Waals surface area contributed by atoms with Crippen LogP contribution in [-0.4, -0.2) is 42.0 Å². The van der Waals surface area contributed by atoms with Gasteiger partial charge in [-0.05, 0) is 30.2 Å². The normalized spacial score (nSPS) is 15.9. The lowest BCUT2D eigenvalue weighted by Gasteiger charge is -2.22. The van der Waals surface area contributed by atoms with Crippen molar-refractivity contribution < 1.29 is 18.0 Å². The van der Waals surface area contributed by atoms with E-state index in [-0.39, 0.29) is 5.69 Å². The number of hydrogen-bond acceptors (Lipinski definition) is 2. The minimum atomic E-state index is -4.57. The van der Waals surface area contributed by atoms with Gasteiger partial charge in [-0.2, -0.15) is 13.2 Å². The third-order valence-electron chi connectivity index (χ3n) is 4.65. The molecule has 1 aliphatic rings. The molecule has 0 bridgehead atoms. The number of amides is 2. The second-order valence-electron chi connectivity index (χ2n) is 6.72. The van der Waals surface area contributed by atoms with Crippen LogP contribution in [-0.2, 0) is 12.7 Å². The number of benzene rings is 2. The maximum absolute atomic E-state index is 13.0. The van der Waals surface area contributed by atoms with E-state index in [2.05, 4.69) is 22.3 Å². The third-order valence-corrected chi connectivity index (χ3v) is 4.98. The van der Waals surface area contributed by atoms with Gasteiger partial charge in [-0.15, -0.1) is 0 Å². The van der Waals surface area contributed by atoms with Gasteiger partial charge >= 0.3 is 12.2 Å². The molecule has 28 heavy (non-hydrogen) atoms. The van der Waals surface area contributed by atoms with Crippen molar-refractivity contribution in [3.63, 3.8) is 0 Å². The summed E-state index contributed by atoms with van der Waals surface area (Å²) in [6.07, 6.45) is -3.77. The first kappa shape index (κ1) is 20.5. The van der Waals surface area contributed by atoms with Crippen molar-refractivity contribution in [1.82, 2.24) is 9.80 Å². The number of alkyl halides is 3. The van der Waals surface area contributed by atoms with E-state index in [0.29, 0.717) is 19.6 Å². The van der Waals surface area contributed by atoms with Crippen molar-refractivity contribution in [3.05, 3.63) is 64.7 Å². The summed E-state index contributed by atoms with van der Waals surface area (Å²) >= 11 is 5.62. The van der Waals surface area contributed by atoms with Gasteiger partial charge in [0.05, 0.1) is 10.6 Å². The molecule has 0 radical (unpaired) electrons. The first-order valence-corrected chi connectivity index (χ1v) is 9.40. The topological polar surface area (TPSA) is 35.6 Å². The summed E-state index contributed by atoms with van der Waals surface area (Å²) in [5.41, 5.74) is 0.324. The lowest BCUT2D eigenvalue weighted by atomic mass is 10.2. The fraction of sp³-hybridized carbons (Fsp3) is 0.350. The number of nitrogens with zero attached hydrogens (tertiary/aromatic N) is 2. The average Bonchev–Trinajstić information content (AvgIpc) is 2.89. The summed E-state index contributed by atoms with van der Waals surface area (Å²) in [4.78, 5) is 16.4. The van der Waals surface area contributed by atoms with Crippen LogP contribution in [0.15, 0.2) is 48.5 Å². The van der Waals surface area contributed by atoms with Crippen molar-refractivity contribution in [2.45, 2.75) is 19.1 Å². The van der Waals surface area contributed by atoms with Gasteiger partial charge in [-0.25, -0.2) is 4.79 Å². The number of hydrogen-bond donors (Lipinski definition) is 1. The van der Waals surface area contributed by atoms with Crippen LogP contribution in [0.3, 0.4) is 0 Å². The molecule has 0 atom stereocenters. The Morgan fingerprint density at radius 3 is 2.50 bits per heavy atom. The minimum absolute atomic E-state index is 0.0760. The second kappa shape index (κ2) is 8.84. The summed E-state index contributed by atoms with van der Waals surface area (Å²) < 4.78 is 39.0. The number of carbonyl (C=O) groups excluding carboxylic acids is 1. The van der Waals surface area contributed by atoms with E-state index in [1.165, 1.54) is 11.6 Å². The average molecular weight is 412 g/mol. The number of anilines is 1. The molecule has 2 aromatic rings. The van der Waals surface area contributed by atoms with E-state index in [0.717, 1.165) is 31.6 Å². The number of rotatable bonds is 3. The lowest BCUT2D eigenvalue weighted by molar-refractivity contribution is -0.137. The van der Waals surface area contributed by atoms with Crippen LogP contribution < -0.4 is 5.32 Å². The Balaban J connectivity index is 1.59. The van der Waals surface area contributed by atoms with Crippen molar-refractivity contribution in [2.75, 3.05) is 31.5 Å². The molecule has 1 fully saturated rings. The number of halogens is 4. The molecule has 150 valence electrons. The molecule has 3 rings (SSSR count). The first-order chi connectivity index (χ1) is 13.3. The number of carbonyl (C=O) groups is 1. The smallest absolute Gasteiger partial charge is 0.323 e. The molecule has 2 amide bonds. The summed E-state index contributed by atoms with van der Waals surface area (Å²) in [7, 11) is 0. The van der Waals surface area contributed by atoms with Crippen LogP contribution in [0.2, 0.25) is 5.02 Å². The van der Waals surface area contributed by atoms with Crippen LogP contribution in [0.5, 0.6) is 0 Å². The van der Waals surface area contributed by atoms with Gasteiger partial charge in [0.25, 0.3) is 0 Å². The van der Waals surface area contributed by atoms with Gasteiger partial charge in [0, 0.05) is 38.4 Å². The molecule has 0 unspecified atom stereocenters. The van der Waals surface area contributed by atoms with Crippen LogP contribution in [0.4, 0.5) is 23.7 Å². The van der Waals surface area contributed by atoms with Gasteiger partial charge in [-0.1, -0.05) is 41.9 Å². The van der Waals surface area contributed by atoms with Gasteiger partial charge in [0.1, 0.15) is 0 Å². The lowest BCUT2D eigenvalue weighted by Crippen LogP contribution is -2.38. The molecular formula is C20H21ClF3N3O. The largest absolute Gasteiger partial charge is 0.417 e. The SMILES string of the molecule is O=C(Nc1ccc(Cl)c(C(F)(F)F)c1)N1CCCN(Cc2ccccc2)CC1. The molecule has 0 aliphatic carbocycles. The highest BCUT2D eigenvalue weighted by Crippen LogP contribution is 2.36. The Morgan fingerprint density at radius 2 is 1.79 bits per heavy atom. The van der Waals surface area contributed by atoms with E-state index in [4.69, 9.17) is 11.6 Å². The molecule has 8 heteroatoms. The van der Waals surface area contributed by atoms with Crippen molar-refractivity contribution in [2.24, 2.45) is 0 Å². The van der Waals surface area contributed by atoms with Gasteiger partial charge < -0.3 is 10.2 Å². The number of urea groups is 1. The second-order valence-corrected chi connectivity index (χ2v) is 7.13. The molecule has 0 aromatic heterocycles. The molecule has 0 spiro atoms. The van der Waals surface area contributed by atoms with Crippen molar-refractivity contribution in [3.8, 4) is 0 Å². The molecule has 0 saturated carbocycles. The molecular weight excluding hydrogens is 391 g/mol. The zero-order chi connectivity index (χ0) is 20.1. The van der Waals surface area contributed by atoms with Crippen LogP contribution in [0.25, 0.3) is 0 Å². The molecule has 1 aliphatic heterocycles. The maximum atomic E-state index is 13.0. The third kappa shape index (κ3) is 5.39. The van der Waals surface area contributed by atoms with E-state index >= 15 is 0 Å². The standard InChI is InChI=1S/C20H21ClF3N3O/c21-18-8-7-16(13-17(18)20(22,23)24)25-19(28)27-10-4-9-26(11-12-27)14-15-5-2-1-3-6-15/h1-3,5-8,13H,4,9-12,14H2,(H,25,28). The minimum Gasteiger partial charge on any atom is -0.323 e. The van der Waals surface area contributed by atoms with E-state index < -0.39 is 22.8 Å².